The van der Waals surface area contributed by atoms with Crippen LogP contribution in [0.15, 0.2) is 57.6 Å². The number of carboxylic acids is 1. The fourth-order valence-electron chi connectivity index (χ4n) is 5.47. The summed E-state index contributed by atoms with van der Waals surface area (Å²) >= 11 is 0. The zero-order valence-electron chi connectivity index (χ0n) is 21.5. The second-order valence-electron chi connectivity index (χ2n) is 10.3. The molecule has 1 aliphatic heterocycles. The quantitative estimate of drug-likeness (QED) is 0.274. The highest BCUT2D eigenvalue weighted by atomic mass is 19.4. The molecule has 0 saturated heterocycles. The molecule has 0 bridgehead atoms. The maximum absolute atomic E-state index is 14.0. The molecule has 1 fully saturated rings. The number of aliphatic hydroxyl groups excluding tert-OH is 1. The summed E-state index contributed by atoms with van der Waals surface area (Å²) in [6.45, 7) is 0.306. The van der Waals surface area contributed by atoms with Gasteiger partial charge in [-0.25, -0.2) is 0 Å². The average molecular weight is 571 g/mol. The third-order valence-electron chi connectivity index (χ3n) is 7.75. The molecule has 4 aromatic rings. The van der Waals surface area contributed by atoms with Gasteiger partial charge >= 0.3 is 12.1 Å². The zero-order valence-corrected chi connectivity index (χ0v) is 21.5. The van der Waals surface area contributed by atoms with Gasteiger partial charge in [0.1, 0.15) is 29.7 Å². The highest BCUT2D eigenvalue weighted by Crippen LogP contribution is 2.44. The van der Waals surface area contributed by atoms with E-state index in [-0.39, 0.29) is 24.5 Å². The van der Waals surface area contributed by atoms with Crippen LogP contribution in [0.1, 0.15) is 42.9 Å². The highest BCUT2D eigenvalue weighted by Gasteiger charge is 2.44. The molecule has 10 nitrogen and oxygen atoms in total. The molecule has 0 unspecified atom stereocenters. The van der Waals surface area contributed by atoms with Crippen LogP contribution in [0.25, 0.3) is 34.3 Å². The molecule has 214 valence electrons. The summed E-state index contributed by atoms with van der Waals surface area (Å²) < 4.78 is 58.1. The zero-order chi connectivity index (χ0) is 28.8. The van der Waals surface area contributed by atoms with Crippen LogP contribution in [0.4, 0.5) is 13.2 Å². The number of nitrogens with zero attached hydrogens (tertiary/aromatic N) is 3. The van der Waals surface area contributed by atoms with Gasteiger partial charge in [0.2, 0.25) is 11.6 Å². The number of carbonyl (C=O) groups is 1. The number of fused-ring (bicyclic) bond motifs is 1. The summed E-state index contributed by atoms with van der Waals surface area (Å²) in [5.41, 5.74) is -1.30. The molecule has 0 radical (unpaired) electrons. The average Bonchev–Trinajstić information content (AvgIpc) is 3.73. The van der Waals surface area contributed by atoms with E-state index in [4.69, 9.17) is 13.8 Å². The van der Waals surface area contributed by atoms with Gasteiger partial charge in [-0.2, -0.15) is 18.2 Å². The number of hydrogen-bond donors (Lipinski definition) is 3. The van der Waals surface area contributed by atoms with E-state index >= 15 is 0 Å². The van der Waals surface area contributed by atoms with E-state index in [1.807, 2.05) is 0 Å². The summed E-state index contributed by atoms with van der Waals surface area (Å²) in [7, 11) is 0. The Morgan fingerprint density at radius 1 is 1.05 bits per heavy atom. The smallest absolute Gasteiger partial charge is 0.422 e. The Hall–Kier alpha value is -4.23. The van der Waals surface area contributed by atoms with E-state index in [1.165, 1.54) is 12.1 Å². The van der Waals surface area contributed by atoms with Gasteiger partial charge in [0.25, 0.3) is 5.89 Å². The van der Waals surface area contributed by atoms with Crippen LogP contribution in [0.5, 0.6) is 5.75 Å². The summed E-state index contributed by atoms with van der Waals surface area (Å²) in [5.74, 6) is -1.71. The fraction of sp³-hybridized carbons (Fsp3) is 0.357. The van der Waals surface area contributed by atoms with Gasteiger partial charge in [-0.05, 0) is 18.9 Å². The molecule has 2 atom stereocenters. The van der Waals surface area contributed by atoms with Crippen molar-refractivity contribution in [1.29, 1.82) is 0 Å². The van der Waals surface area contributed by atoms with Crippen molar-refractivity contribution in [3.05, 3.63) is 59.7 Å². The van der Waals surface area contributed by atoms with Crippen LogP contribution in [-0.2, 0) is 11.0 Å². The Morgan fingerprint density at radius 3 is 2.51 bits per heavy atom. The van der Waals surface area contributed by atoms with Gasteiger partial charge in [0.15, 0.2) is 0 Å². The molecule has 2 aromatic carbocycles. The van der Waals surface area contributed by atoms with Crippen molar-refractivity contribution in [1.82, 2.24) is 20.6 Å². The number of rotatable bonds is 7. The topological polar surface area (TPSA) is 144 Å². The van der Waals surface area contributed by atoms with Gasteiger partial charge < -0.3 is 29.3 Å². The molecule has 2 aromatic heterocycles. The Bertz CT molecular complexity index is 1560. The number of ether oxygens (including phenoxy) is 1. The minimum absolute atomic E-state index is 0.0171. The van der Waals surface area contributed by atoms with Crippen LogP contribution < -0.4 is 10.1 Å². The van der Waals surface area contributed by atoms with Crippen molar-refractivity contribution >= 4 is 5.97 Å². The maximum atomic E-state index is 14.0. The lowest BCUT2D eigenvalue weighted by atomic mass is 9.85. The Labute approximate surface area is 231 Å². The van der Waals surface area contributed by atoms with Crippen molar-refractivity contribution in [2.24, 2.45) is 5.41 Å². The first kappa shape index (κ1) is 27.0. The molecular formula is C28H25F3N4O6. The molecule has 2 aliphatic rings. The van der Waals surface area contributed by atoms with Crippen molar-refractivity contribution in [3.8, 4) is 40.0 Å². The summed E-state index contributed by atoms with van der Waals surface area (Å²) in [6.07, 6.45) is -2.92. The minimum Gasteiger partial charge on any atom is -0.491 e. The molecule has 1 saturated carbocycles. The third kappa shape index (κ3) is 4.95. The highest BCUT2D eigenvalue weighted by molar-refractivity contribution is 5.75. The maximum Gasteiger partial charge on any atom is 0.422 e. The number of nitrogens with one attached hydrogen (secondary N) is 1. The van der Waals surface area contributed by atoms with Crippen molar-refractivity contribution in [2.45, 2.75) is 44.0 Å². The molecule has 3 heterocycles. The Balaban J connectivity index is 1.23. The number of hydrogen-bond acceptors (Lipinski definition) is 9. The number of halogens is 3. The molecule has 41 heavy (non-hydrogen) atoms. The largest absolute Gasteiger partial charge is 0.491 e. The van der Waals surface area contributed by atoms with Crippen molar-refractivity contribution in [3.63, 3.8) is 0 Å². The van der Waals surface area contributed by atoms with Gasteiger partial charge in [-0.3, -0.25) is 4.79 Å². The van der Waals surface area contributed by atoms with E-state index in [1.54, 1.807) is 36.4 Å². The Morgan fingerprint density at radius 2 is 1.80 bits per heavy atom. The van der Waals surface area contributed by atoms with E-state index in [0.717, 1.165) is 12.8 Å². The number of aliphatic carboxylic acids is 1. The normalized spacial score (nSPS) is 20.0. The fourth-order valence-corrected chi connectivity index (χ4v) is 5.47. The van der Waals surface area contributed by atoms with Gasteiger partial charge in [-0.15, -0.1) is 0 Å². The van der Waals surface area contributed by atoms with Crippen LogP contribution in [0.3, 0.4) is 0 Å². The second kappa shape index (κ2) is 10.3. The number of aliphatic hydroxyl groups is 1. The lowest BCUT2D eigenvalue weighted by Crippen LogP contribution is -2.48. The van der Waals surface area contributed by atoms with Crippen molar-refractivity contribution < 1.29 is 42.0 Å². The molecule has 0 spiro atoms. The molecule has 6 rings (SSSR count). The van der Waals surface area contributed by atoms with Crippen LogP contribution >= 0.6 is 0 Å². The predicted octanol–water partition coefficient (Wildman–Crippen LogP) is 5.11. The van der Waals surface area contributed by atoms with Crippen LogP contribution in [0.2, 0.25) is 0 Å². The first-order chi connectivity index (χ1) is 19.7. The molecular weight excluding hydrogens is 545 g/mol. The monoisotopic (exact) mass is 570 g/mol. The molecule has 0 amide bonds. The van der Waals surface area contributed by atoms with Gasteiger partial charge in [0.05, 0.1) is 11.5 Å². The number of alkyl halides is 3. The number of benzene rings is 2. The van der Waals surface area contributed by atoms with E-state index in [2.05, 4.69) is 20.6 Å². The van der Waals surface area contributed by atoms with Gasteiger partial charge in [-0.1, -0.05) is 65.6 Å². The summed E-state index contributed by atoms with van der Waals surface area (Å²) in [5, 5.41) is 31.3. The molecule has 1 aliphatic carbocycles. The predicted molar refractivity (Wildman–Crippen MR) is 136 cm³/mol. The number of carboxylic acid groups (broad SMARTS) is 1. The SMILES string of the molecule is O=C(O)C1(CN[C@H]2COc3cc(-c4noc(-c5onc(-c6ccccc6)c5C(F)(F)F)n4)ccc3[C@H]2O)CCCC1. The van der Waals surface area contributed by atoms with Crippen molar-refractivity contribution in [2.75, 3.05) is 13.2 Å². The first-order valence-electron chi connectivity index (χ1n) is 13.0. The minimum atomic E-state index is -4.81. The Kier molecular flexibility index (Phi) is 6.78. The molecule has 13 heteroatoms. The second-order valence-corrected chi connectivity index (χ2v) is 10.3. The lowest BCUT2D eigenvalue weighted by Gasteiger charge is -2.34. The van der Waals surface area contributed by atoms with Gasteiger partial charge in [0, 0.05) is 23.2 Å². The van der Waals surface area contributed by atoms with Crippen LogP contribution in [-0.4, -0.2) is 50.7 Å². The van der Waals surface area contributed by atoms with E-state index < -0.39 is 52.6 Å². The summed E-state index contributed by atoms with van der Waals surface area (Å²) in [4.78, 5) is 16.0. The van der Waals surface area contributed by atoms with Crippen LogP contribution in [0, 0.1) is 5.41 Å². The third-order valence-corrected chi connectivity index (χ3v) is 7.75. The van der Waals surface area contributed by atoms with E-state index in [0.29, 0.717) is 29.7 Å². The summed E-state index contributed by atoms with van der Waals surface area (Å²) in [6, 6.07) is 12.0. The molecule has 3 N–H and O–H groups in total. The standard InChI is InChI=1S/C28H25F3N4O6/c29-28(30,31)20-21(15-6-2-1-3-7-15)34-40-23(20)25-33-24(35-41-25)16-8-9-17-19(12-16)39-13-18(22(17)36)32-14-27(26(37)38)10-4-5-11-27/h1-3,6-9,12,18,22,32,36H,4-5,10-11,13-14H2,(H,37,38)/t18-,22+/m0/s1. The lowest BCUT2D eigenvalue weighted by molar-refractivity contribution is -0.148. The number of aromatic nitrogens is 3. The first-order valence-corrected chi connectivity index (χ1v) is 13.0. The van der Waals surface area contributed by atoms with E-state index in [9.17, 15) is 28.2 Å².